The number of rotatable bonds is 7. The van der Waals surface area contributed by atoms with E-state index in [1.165, 1.54) is 11.1 Å². The third-order valence-electron chi connectivity index (χ3n) is 4.98. The van der Waals surface area contributed by atoms with Gasteiger partial charge in [0.15, 0.2) is 11.5 Å². The van der Waals surface area contributed by atoms with Crippen molar-refractivity contribution >= 4 is 17.8 Å². The molecule has 1 amide bonds. The van der Waals surface area contributed by atoms with Gasteiger partial charge in [0.1, 0.15) is 0 Å². The van der Waals surface area contributed by atoms with Crippen LogP contribution in [0.4, 0.5) is 0 Å². The fourth-order valence-corrected chi connectivity index (χ4v) is 3.28. The summed E-state index contributed by atoms with van der Waals surface area (Å²) in [6.45, 7) is 2.63. The Kier molecular flexibility index (Phi) is 9.49. The molecule has 1 aliphatic heterocycles. The molecular formula is C23H28N2O7. The largest absolute Gasteiger partial charge is 0.493 e. The maximum absolute atomic E-state index is 12.4. The lowest BCUT2D eigenvalue weighted by Crippen LogP contribution is -2.41. The Hall–Kier alpha value is -3.59. The number of carboxylic acids is 2. The monoisotopic (exact) mass is 444 g/mol. The zero-order chi connectivity index (χ0) is 23.5. The van der Waals surface area contributed by atoms with Gasteiger partial charge in [0.25, 0.3) is 0 Å². The van der Waals surface area contributed by atoms with Crippen molar-refractivity contribution in [3.8, 4) is 11.5 Å². The Morgan fingerprint density at radius 1 is 0.969 bits per heavy atom. The molecule has 0 spiro atoms. The average Bonchev–Trinajstić information content (AvgIpc) is 2.81. The summed E-state index contributed by atoms with van der Waals surface area (Å²) < 4.78 is 10.6. The van der Waals surface area contributed by atoms with Crippen LogP contribution in [0, 0.1) is 0 Å². The van der Waals surface area contributed by atoms with Crippen molar-refractivity contribution in [1.82, 2.24) is 10.2 Å². The molecule has 3 rings (SSSR count). The number of benzene rings is 2. The fourth-order valence-electron chi connectivity index (χ4n) is 3.28. The van der Waals surface area contributed by atoms with E-state index < -0.39 is 11.9 Å². The van der Waals surface area contributed by atoms with E-state index in [0.29, 0.717) is 13.1 Å². The van der Waals surface area contributed by atoms with E-state index in [9.17, 15) is 4.79 Å². The summed E-state index contributed by atoms with van der Waals surface area (Å²) in [5.74, 6) is -2.03. The van der Waals surface area contributed by atoms with E-state index in [4.69, 9.17) is 29.3 Å². The van der Waals surface area contributed by atoms with Crippen LogP contribution < -0.4 is 14.8 Å². The number of nitrogens with one attached hydrogen (secondary N) is 1. The van der Waals surface area contributed by atoms with Gasteiger partial charge >= 0.3 is 11.9 Å². The quantitative estimate of drug-likeness (QED) is 0.434. The molecule has 0 atom stereocenters. The minimum atomic E-state index is -1.82. The van der Waals surface area contributed by atoms with Crippen LogP contribution in [0.2, 0.25) is 0 Å². The van der Waals surface area contributed by atoms with E-state index in [-0.39, 0.29) is 5.91 Å². The van der Waals surface area contributed by atoms with E-state index in [2.05, 4.69) is 23.5 Å². The fraction of sp³-hybridized carbons (Fsp3) is 0.348. The number of carbonyl (C=O) groups excluding carboxylic acids is 1. The highest BCUT2D eigenvalue weighted by molar-refractivity contribution is 6.27. The molecule has 0 bridgehead atoms. The van der Waals surface area contributed by atoms with Gasteiger partial charge < -0.3 is 29.9 Å². The van der Waals surface area contributed by atoms with Crippen LogP contribution in [0.25, 0.3) is 0 Å². The summed E-state index contributed by atoms with van der Waals surface area (Å²) in [5, 5.41) is 18.0. The standard InChI is InChI=1S/C21H26N2O3.C2H2O4/c1-25-19-8-7-16(13-20(19)26-2)9-11-22-14-21(24)23-12-10-17-5-3-4-6-18(17)15-23;3-1(4)2(5)6/h3-8,13,22H,9-12,14-15H2,1-2H3;(H,3,4)(H,5,6). The number of aliphatic carboxylic acids is 2. The second-order valence-corrected chi connectivity index (χ2v) is 7.06. The second-order valence-electron chi connectivity index (χ2n) is 7.06. The molecule has 9 heteroatoms. The number of hydrogen-bond acceptors (Lipinski definition) is 6. The summed E-state index contributed by atoms with van der Waals surface area (Å²) in [7, 11) is 3.26. The molecule has 0 aromatic heterocycles. The summed E-state index contributed by atoms with van der Waals surface area (Å²) >= 11 is 0. The molecule has 0 unspecified atom stereocenters. The molecule has 172 valence electrons. The van der Waals surface area contributed by atoms with Crippen LogP contribution in [0.5, 0.6) is 11.5 Å². The van der Waals surface area contributed by atoms with Crippen LogP contribution in [0.1, 0.15) is 16.7 Å². The third-order valence-corrected chi connectivity index (χ3v) is 4.98. The minimum absolute atomic E-state index is 0.159. The normalized spacial score (nSPS) is 12.1. The Morgan fingerprint density at radius 3 is 2.25 bits per heavy atom. The Bertz CT molecular complexity index is 934. The summed E-state index contributed by atoms with van der Waals surface area (Å²) in [5.41, 5.74) is 3.77. The van der Waals surface area contributed by atoms with Crippen LogP contribution in [0.15, 0.2) is 42.5 Å². The van der Waals surface area contributed by atoms with Gasteiger partial charge in [0, 0.05) is 13.1 Å². The number of nitrogens with zero attached hydrogens (tertiary/aromatic N) is 1. The van der Waals surface area contributed by atoms with Crippen molar-refractivity contribution in [3.63, 3.8) is 0 Å². The number of methoxy groups -OCH3 is 2. The van der Waals surface area contributed by atoms with Crippen molar-refractivity contribution in [3.05, 3.63) is 59.2 Å². The second kappa shape index (κ2) is 12.3. The van der Waals surface area contributed by atoms with E-state index in [0.717, 1.165) is 43.0 Å². The first kappa shape index (κ1) is 24.7. The lowest BCUT2D eigenvalue weighted by molar-refractivity contribution is -0.159. The van der Waals surface area contributed by atoms with Crippen molar-refractivity contribution < 1.29 is 34.1 Å². The molecule has 0 aliphatic carbocycles. The van der Waals surface area contributed by atoms with Gasteiger partial charge in [-0.2, -0.15) is 0 Å². The maximum Gasteiger partial charge on any atom is 0.414 e. The first-order chi connectivity index (χ1) is 15.3. The molecule has 0 saturated carbocycles. The zero-order valence-corrected chi connectivity index (χ0v) is 18.2. The first-order valence-electron chi connectivity index (χ1n) is 10.1. The van der Waals surface area contributed by atoms with Crippen LogP contribution in [-0.4, -0.2) is 66.8 Å². The van der Waals surface area contributed by atoms with Gasteiger partial charge in [-0.15, -0.1) is 0 Å². The smallest absolute Gasteiger partial charge is 0.414 e. The highest BCUT2D eigenvalue weighted by Crippen LogP contribution is 2.27. The van der Waals surface area contributed by atoms with Crippen LogP contribution in [0.3, 0.4) is 0 Å². The molecule has 1 heterocycles. The van der Waals surface area contributed by atoms with Crippen molar-refractivity contribution in [2.24, 2.45) is 0 Å². The molecule has 0 fully saturated rings. The van der Waals surface area contributed by atoms with Gasteiger partial charge in [0.05, 0.1) is 20.8 Å². The molecule has 0 radical (unpaired) electrons. The summed E-state index contributed by atoms with van der Waals surface area (Å²) in [6.07, 6.45) is 1.77. The molecule has 1 aliphatic rings. The maximum atomic E-state index is 12.4. The number of fused-ring (bicyclic) bond motifs is 1. The highest BCUT2D eigenvalue weighted by atomic mass is 16.5. The number of carboxylic acid groups (broad SMARTS) is 2. The molecule has 32 heavy (non-hydrogen) atoms. The van der Waals surface area contributed by atoms with E-state index >= 15 is 0 Å². The van der Waals surface area contributed by atoms with Gasteiger partial charge in [-0.25, -0.2) is 9.59 Å². The zero-order valence-electron chi connectivity index (χ0n) is 18.2. The molecule has 2 aromatic rings. The van der Waals surface area contributed by atoms with Crippen molar-refractivity contribution in [2.45, 2.75) is 19.4 Å². The SMILES string of the molecule is COc1ccc(CCNCC(=O)N2CCc3ccccc3C2)cc1OC.O=C(O)C(=O)O. The van der Waals surface area contributed by atoms with Gasteiger partial charge in [-0.05, 0) is 48.2 Å². The van der Waals surface area contributed by atoms with Crippen molar-refractivity contribution in [2.75, 3.05) is 33.9 Å². The Balaban J connectivity index is 0.000000534. The summed E-state index contributed by atoms with van der Waals surface area (Å²) in [6, 6.07) is 14.3. The molecule has 0 saturated heterocycles. The lowest BCUT2D eigenvalue weighted by Gasteiger charge is -2.29. The number of ether oxygens (including phenoxy) is 2. The van der Waals surface area contributed by atoms with E-state index in [1.54, 1.807) is 14.2 Å². The van der Waals surface area contributed by atoms with Gasteiger partial charge in [-0.3, -0.25) is 4.79 Å². The Labute approximate surface area is 186 Å². The number of amides is 1. The minimum Gasteiger partial charge on any atom is -0.493 e. The predicted octanol–water partition coefficient (Wildman–Crippen LogP) is 1.58. The highest BCUT2D eigenvalue weighted by Gasteiger charge is 2.19. The van der Waals surface area contributed by atoms with Crippen LogP contribution >= 0.6 is 0 Å². The summed E-state index contributed by atoms with van der Waals surface area (Å²) in [4.78, 5) is 32.6. The third kappa shape index (κ3) is 7.28. The topological polar surface area (TPSA) is 125 Å². The van der Waals surface area contributed by atoms with Crippen LogP contribution in [-0.2, 0) is 33.8 Å². The van der Waals surface area contributed by atoms with E-state index in [1.807, 2.05) is 29.2 Å². The first-order valence-corrected chi connectivity index (χ1v) is 10.1. The van der Waals surface area contributed by atoms with Crippen molar-refractivity contribution in [1.29, 1.82) is 0 Å². The lowest BCUT2D eigenvalue weighted by atomic mass is 10.00. The van der Waals surface area contributed by atoms with Gasteiger partial charge in [-0.1, -0.05) is 30.3 Å². The average molecular weight is 444 g/mol. The number of hydrogen-bond donors (Lipinski definition) is 3. The molecule has 3 N–H and O–H groups in total. The Morgan fingerprint density at radius 2 is 1.62 bits per heavy atom. The molecule has 2 aromatic carbocycles. The molecular weight excluding hydrogens is 416 g/mol. The predicted molar refractivity (Wildman–Crippen MR) is 117 cm³/mol. The number of carbonyl (C=O) groups is 3. The molecule has 9 nitrogen and oxygen atoms in total. The van der Waals surface area contributed by atoms with Gasteiger partial charge in [0.2, 0.25) is 5.91 Å².